The average molecular weight is 405 g/mol. The molecule has 28 heavy (non-hydrogen) atoms. The van der Waals surface area contributed by atoms with Gasteiger partial charge in [-0.1, -0.05) is 23.7 Å². The van der Waals surface area contributed by atoms with Crippen molar-refractivity contribution >= 4 is 40.9 Å². The standard InChI is InChI=1S/C19H17ClN2O6/c1-12(19(24)21-17-9-6-14(22(25)26)11-16(17)20)28-18(23)10-5-13-3-7-15(27-2)8-4-13/h3-12H,1-2H3,(H,21,24)/b10-5+. The van der Waals surface area contributed by atoms with E-state index in [0.717, 1.165) is 11.6 Å². The van der Waals surface area contributed by atoms with Crippen molar-refractivity contribution < 1.29 is 24.0 Å². The number of hydrogen-bond acceptors (Lipinski definition) is 6. The fourth-order valence-electron chi connectivity index (χ4n) is 2.10. The third-order valence-corrected chi connectivity index (χ3v) is 3.92. The quantitative estimate of drug-likeness (QED) is 0.325. The van der Waals surface area contributed by atoms with Gasteiger partial charge in [0.2, 0.25) is 0 Å². The molecular weight excluding hydrogens is 388 g/mol. The van der Waals surface area contributed by atoms with Gasteiger partial charge in [-0.2, -0.15) is 0 Å². The first kappa shape index (κ1) is 20.9. The van der Waals surface area contributed by atoms with E-state index >= 15 is 0 Å². The molecule has 0 heterocycles. The monoisotopic (exact) mass is 404 g/mol. The number of rotatable bonds is 7. The van der Waals surface area contributed by atoms with Crippen LogP contribution in [0, 0.1) is 10.1 Å². The molecule has 0 saturated carbocycles. The lowest BCUT2D eigenvalue weighted by Gasteiger charge is -2.13. The van der Waals surface area contributed by atoms with Crippen molar-refractivity contribution in [2.75, 3.05) is 12.4 Å². The van der Waals surface area contributed by atoms with E-state index in [2.05, 4.69) is 5.32 Å². The Morgan fingerprint density at radius 3 is 2.46 bits per heavy atom. The molecule has 0 aliphatic heterocycles. The summed E-state index contributed by atoms with van der Waals surface area (Å²) in [6.45, 7) is 1.40. The van der Waals surface area contributed by atoms with Gasteiger partial charge in [0.15, 0.2) is 6.10 Å². The van der Waals surface area contributed by atoms with E-state index in [0.29, 0.717) is 5.75 Å². The second-order valence-corrected chi connectivity index (χ2v) is 6.00. The average Bonchev–Trinajstić information content (AvgIpc) is 2.68. The topological polar surface area (TPSA) is 108 Å². The van der Waals surface area contributed by atoms with E-state index < -0.39 is 22.9 Å². The van der Waals surface area contributed by atoms with E-state index in [4.69, 9.17) is 21.1 Å². The number of carbonyl (C=O) groups is 2. The Morgan fingerprint density at radius 1 is 1.21 bits per heavy atom. The summed E-state index contributed by atoms with van der Waals surface area (Å²) in [5, 5.41) is 13.2. The number of amides is 1. The number of benzene rings is 2. The number of halogens is 1. The number of nitro benzene ring substituents is 1. The number of nitrogens with zero attached hydrogens (tertiary/aromatic N) is 1. The Morgan fingerprint density at radius 2 is 1.89 bits per heavy atom. The van der Waals surface area contributed by atoms with Crippen molar-refractivity contribution in [1.29, 1.82) is 0 Å². The molecule has 2 aromatic carbocycles. The fourth-order valence-corrected chi connectivity index (χ4v) is 2.32. The highest BCUT2D eigenvalue weighted by Gasteiger charge is 2.18. The summed E-state index contributed by atoms with van der Waals surface area (Å²) >= 11 is 5.92. The molecule has 8 nitrogen and oxygen atoms in total. The van der Waals surface area contributed by atoms with Crippen LogP contribution in [0.15, 0.2) is 48.5 Å². The van der Waals surface area contributed by atoms with E-state index in [1.54, 1.807) is 37.5 Å². The zero-order valence-corrected chi connectivity index (χ0v) is 15.8. The van der Waals surface area contributed by atoms with E-state index in [9.17, 15) is 19.7 Å². The predicted octanol–water partition coefficient (Wildman–Crippen LogP) is 3.84. The minimum absolute atomic E-state index is 0.000443. The summed E-state index contributed by atoms with van der Waals surface area (Å²) < 4.78 is 10.1. The van der Waals surface area contributed by atoms with Crippen molar-refractivity contribution in [2.45, 2.75) is 13.0 Å². The summed E-state index contributed by atoms with van der Waals surface area (Å²) in [7, 11) is 1.55. The highest BCUT2D eigenvalue weighted by Crippen LogP contribution is 2.26. The van der Waals surface area contributed by atoms with Gasteiger partial charge in [0, 0.05) is 18.2 Å². The number of ether oxygens (including phenoxy) is 2. The lowest BCUT2D eigenvalue weighted by Crippen LogP contribution is -2.29. The Labute approximate surface area is 165 Å². The first-order valence-corrected chi connectivity index (χ1v) is 8.45. The molecule has 0 radical (unpaired) electrons. The largest absolute Gasteiger partial charge is 0.497 e. The fraction of sp³-hybridized carbons (Fsp3) is 0.158. The predicted molar refractivity (Wildman–Crippen MR) is 104 cm³/mol. The molecule has 2 aromatic rings. The number of carbonyl (C=O) groups excluding carboxylic acids is 2. The molecule has 1 N–H and O–H groups in total. The van der Waals surface area contributed by atoms with Crippen molar-refractivity contribution in [2.24, 2.45) is 0 Å². The van der Waals surface area contributed by atoms with E-state index in [1.165, 1.54) is 25.1 Å². The van der Waals surface area contributed by atoms with Crippen LogP contribution in [0.1, 0.15) is 12.5 Å². The van der Waals surface area contributed by atoms with Crippen LogP contribution in [0.2, 0.25) is 5.02 Å². The Bertz CT molecular complexity index is 911. The molecule has 1 amide bonds. The van der Waals surface area contributed by atoms with Crippen LogP contribution in [0.25, 0.3) is 6.08 Å². The van der Waals surface area contributed by atoms with Gasteiger partial charge in [0.25, 0.3) is 11.6 Å². The summed E-state index contributed by atoms with van der Waals surface area (Å²) in [5.74, 6) is -0.634. The highest BCUT2D eigenvalue weighted by atomic mass is 35.5. The number of non-ortho nitro benzene ring substituents is 1. The minimum atomic E-state index is -1.10. The van der Waals surface area contributed by atoms with Gasteiger partial charge in [-0.25, -0.2) is 4.79 Å². The SMILES string of the molecule is COc1ccc(/C=C/C(=O)OC(C)C(=O)Nc2ccc([N+](=O)[O-])cc2Cl)cc1. The van der Waals surface area contributed by atoms with Crippen molar-refractivity contribution in [3.8, 4) is 5.75 Å². The number of anilines is 1. The van der Waals surface area contributed by atoms with Gasteiger partial charge in [-0.15, -0.1) is 0 Å². The number of esters is 1. The third kappa shape index (κ3) is 5.82. The smallest absolute Gasteiger partial charge is 0.331 e. The maximum absolute atomic E-state index is 12.1. The number of nitrogens with one attached hydrogen (secondary N) is 1. The van der Waals surface area contributed by atoms with E-state index in [1.807, 2.05) is 0 Å². The Hall–Kier alpha value is -3.39. The second-order valence-electron chi connectivity index (χ2n) is 5.60. The number of nitro groups is 1. The van der Waals surface area contributed by atoms with Gasteiger partial charge < -0.3 is 14.8 Å². The molecule has 0 aromatic heterocycles. The van der Waals surface area contributed by atoms with Crippen LogP contribution < -0.4 is 10.1 Å². The lowest BCUT2D eigenvalue weighted by atomic mass is 10.2. The molecular formula is C19H17ClN2O6. The zero-order valence-electron chi connectivity index (χ0n) is 15.0. The van der Waals surface area contributed by atoms with Crippen LogP contribution in [0.3, 0.4) is 0 Å². The molecule has 0 saturated heterocycles. The molecule has 0 fully saturated rings. The molecule has 0 aliphatic carbocycles. The molecule has 146 valence electrons. The maximum atomic E-state index is 12.1. The first-order chi connectivity index (χ1) is 13.3. The molecule has 2 rings (SSSR count). The molecule has 1 atom stereocenters. The molecule has 0 aliphatic rings. The van der Waals surface area contributed by atoms with Gasteiger partial charge in [0.1, 0.15) is 5.75 Å². The first-order valence-electron chi connectivity index (χ1n) is 8.07. The number of methoxy groups -OCH3 is 1. The van der Waals surface area contributed by atoms with Crippen molar-refractivity contribution in [3.63, 3.8) is 0 Å². The normalized spacial score (nSPS) is 11.7. The highest BCUT2D eigenvalue weighted by molar-refractivity contribution is 6.34. The van der Waals surface area contributed by atoms with Crippen LogP contribution in [-0.4, -0.2) is 30.0 Å². The van der Waals surface area contributed by atoms with Gasteiger partial charge >= 0.3 is 5.97 Å². The maximum Gasteiger partial charge on any atom is 0.331 e. The van der Waals surface area contributed by atoms with Crippen LogP contribution in [0.4, 0.5) is 11.4 Å². The van der Waals surface area contributed by atoms with Crippen molar-refractivity contribution in [1.82, 2.24) is 0 Å². The minimum Gasteiger partial charge on any atom is -0.497 e. The zero-order chi connectivity index (χ0) is 20.7. The lowest BCUT2D eigenvalue weighted by molar-refractivity contribution is -0.384. The van der Waals surface area contributed by atoms with Gasteiger partial charge in [-0.05, 0) is 36.8 Å². The van der Waals surface area contributed by atoms with E-state index in [-0.39, 0.29) is 16.4 Å². The van der Waals surface area contributed by atoms with Gasteiger partial charge in [0.05, 0.1) is 22.7 Å². The molecule has 0 spiro atoms. The molecule has 1 unspecified atom stereocenters. The molecule has 0 bridgehead atoms. The van der Waals surface area contributed by atoms with Crippen molar-refractivity contribution in [3.05, 3.63) is 69.2 Å². The third-order valence-electron chi connectivity index (χ3n) is 3.61. The Balaban J connectivity index is 1.93. The van der Waals surface area contributed by atoms with Crippen LogP contribution in [-0.2, 0) is 14.3 Å². The van der Waals surface area contributed by atoms with Crippen LogP contribution in [0.5, 0.6) is 5.75 Å². The second kappa shape index (κ2) is 9.52. The summed E-state index contributed by atoms with van der Waals surface area (Å²) in [6.07, 6.45) is 1.64. The number of hydrogen-bond donors (Lipinski definition) is 1. The Kier molecular flexibility index (Phi) is 7.11. The van der Waals surface area contributed by atoms with Crippen LogP contribution >= 0.6 is 11.6 Å². The summed E-state index contributed by atoms with van der Waals surface area (Å²) in [4.78, 5) is 34.1. The summed E-state index contributed by atoms with van der Waals surface area (Å²) in [6, 6.07) is 10.6. The summed E-state index contributed by atoms with van der Waals surface area (Å²) in [5.41, 5.74) is 0.729. The van der Waals surface area contributed by atoms with Gasteiger partial charge in [-0.3, -0.25) is 14.9 Å². The molecule has 9 heteroatoms.